The van der Waals surface area contributed by atoms with E-state index >= 15 is 0 Å². The number of nitrogens with one attached hydrogen (secondary N) is 1. The van der Waals surface area contributed by atoms with E-state index in [1.165, 1.54) is 50.5 Å². The van der Waals surface area contributed by atoms with Crippen molar-refractivity contribution in [2.75, 3.05) is 0 Å². The molecule has 1 N–H and O–H groups in total. The van der Waals surface area contributed by atoms with Crippen LogP contribution in [0.4, 0.5) is 0 Å². The summed E-state index contributed by atoms with van der Waals surface area (Å²) in [7, 11) is 0. The SMILES string of the molecule is CCCCCCCCCc1nc2nccc(C)c2[nH]1. The van der Waals surface area contributed by atoms with Crippen molar-refractivity contribution in [2.45, 2.75) is 65.2 Å². The van der Waals surface area contributed by atoms with E-state index in [0.29, 0.717) is 0 Å². The highest BCUT2D eigenvalue weighted by molar-refractivity contribution is 5.74. The van der Waals surface area contributed by atoms with Crippen molar-refractivity contribution in [3.63, 3.8) is 0 Å². The number of fused-ring (bicyclic) bond motifs is 1. The average molecular weight is 259 g/mol. The first-order valence-electron chi connectivity index (χ1n) is 7.61. The number of aromatic nitrogens is 3. The molecule has 0 radical (unpaired) electrons. The number of aromatic amines is 1. The van der Waals surface area contributed by atoms with Crippen molar-refractivity contribution < 1.29 is 0 Å². The molecule has 0 bridgehead atoms. The van der Waals surface area contributed by atoms with E-state index in [2.05, 4.69) is 28.8 Å². The molecule has 0 atom stereocenters. The fourth-order valence-corrected chi connectivity index (χ4v) is 2.45. The minimum Gasteiger partial charge on any atom is -0.340 e. The molecule has 0 spiro atoms. The zero-order valence-corrected chi connectivity index (χ0v) is 12.2. The standard InChI is InChI=1S/C16H25N3/c1-3-4-5-6-7-8-9-10-14-18-15-13(2)11-12-17-16(15)19-14/h11-12H,3-10H2,1-2H3,(H,17,18,19). The topological polar surface area (TPSA) is 41.6 Å². The summed E-state index contributed by atoms with van der Waals surface area (Å²) in [6.45, 7) is 4.36. The molecule has 2 rings (SSSR count). The second-order valence-electron chi connectivity index (χ2n) is 5.38. The van der Waals surface area contributed by atoms with Crippen LogP contribution in [0, 0.1) is 6.92 Å². The number of imidazole rings is 1. The molecule has 19 heavy (non-hydrogen) atoms. The fourth-order valence-electron chi connectivity index (χ4n) is 2.45. The van der Waals surface area contributed by atoms with Gasteiger partial charge < -0.3 is 4.98 Å². The molecule has 0 aliphatic heterocycles. The lowest BCUT2D eigenvalue weighted by Gasteiger charge is -1.99. The molecule has 104 valence electrons. The van der Waals surface area contributed by atoms with Gasteiger partial charge in [0.15, 0.2) is 5.65 Å². The molecular formula is C16H25N3. The van der Waals surface area contributed by atoms with Gasteiger partial charge in [-0.2, -0.15) is 0 Å². The van der Waals surface area contributed by atoms with Crippen LogP contribution in [0.1, 0.15) is 63.3 Å². The van der Waals surface area contributed by atoms with Gasteiger partial charge in [0.2, 0.25) is 0 Å². The number of rotatable bonds is 8. The number of aryl methyl sites for hydroxylation is 2. The number of hydrogen-bond acceptors (Lipinski definition) is 2. The highest BCUT2D eigenvalue weighted by Crippen LogP contribution is 2.15. The van der Waals surface area contributed by atoms with Gasteiger partial charge in [0, 0.05) is 12.6 Å². The summed E-state index contributed by atoms with van der Waals surface area (Å²) in [6, 6.07) is 2.03. The van der Waals surface area contributed by atoms with Gasteiger partial charge in [0.25, 0.3) is 0 Å². The molecule has 0 amide bonds. The second kappa shape index (κ2) is 7.27. The zero-order valence-electron chi connectivity index (χ0n) is 12.2. The Morgan fingerprint density at radius 1 is 1.05 bits per heavy atom. The Labute approximate surface area is 115 Å². The Bertz CT molecular complexity index is 502. The summed E-state index contributed by atoms with van der Waals surface area (Å²) in [5, 5.41) is 0. The quantitative estimate of drug-likeness (QED) is 0.706. The lowest BCUT2D eigenvalue weighted by Crippen LogP contribution is -1.88. The van der Waals surface area contributed by atoms with Gasteiger partial charge in [0.05, 0.1) is 5.52 Å². The molecule has 0 unspecified atom stereocenters. The Hall–Kier alpha value is -1.38. The maximum atomic E-state index is 4.55. The molecule has 2 aromatic rings. The maximum absolute atomic E-state index is 4.55. The number of nitrogens with zero attached hydrogens (tertiary/aromatic N) is 2. The maximum Gasteiger partial charge on any atom is 0.177 e. The van der Waals surface area contributed by atoms with E-state index in [9.17, 15) is 0 Å². The largest absolute Gasteiger partial charge is 0.340 e. The van der Waals surface area contributed by atoms with Crippen LogP contribution < -0.4 is 0 Å². The van der Waals surface area contributed by atoms with E-state index in [1.807, 2.05) is 12.3 Å². The highest BCUT2D eigenvalue weighted by Gasteiger charge is 2.05. The summed E-state index contributed by atoms with van der Waals surface area (Å²) in [5.41, 5.74) is 3.18. The summed E-state index contributed by atoms with van der Waals surface area (Å²) < 4.78 is 0. The van der Waals surface area contributed by atoms with Gasteiger partial charge >= 0.3 is 0 Å². The third-order valence-corrected chi connectivity index (χ3v) is 3.67. The first kappa shape index (κ1) is 14.0. The monoisotopic (exact) mass is 259 g/mol. The van der Waals surface area contributed by atoms with Crippen molar-refractivity contribution in [1.29, 1.82) is 0 Å². The van der Waals surface area contributed by atoms with Crippen LogP contribution in [0.25, 0.3) is 11.2 Å². The van der Waals surface area contributed by atoms with Crippen LogP contribution in [-0.2, 0) is 6.42 Å². The van der Waals surface area contributed by atoms with Crippen molar-refractivity contribution in [3.05, 3.63) is 23.7 Å². The zero-order chi connectivity index (χ0) is 13.5. The molecule has 3 heteroatoms. The van der Waals surface area contributed by atoms with Gasteiger partial charge in [-0.05, 0) is 25.0 Å². The molecule has 0 aliphatic carbocycles. The number of hydrogen-bond donors (Lipinski definition) is 1. The highest BCUT2D eigenvalue weighted by atomic mass is 15.0. The lowest BCUT2D eigenvalue weighted by atomic mass is 10.1. The molecule has 2 aromatic heterocycles. The third-order valence-electron chi connectivity index (χ3n) is 3.67. The second-order valence-corrected chi connectivity index (χ2v) is 5.38. The fraction of sp³-hybridized carbons (Fsp3) is 0.625. The summed E-state index contributed by atoms with van der Waals surface area (Å²) in [4.78, 5) is 12.3. The van der Waals surface area contributed by atoms with Gasteiger partial charge in [-0.15, -0.1) is 0 Å². The number of H-pyrrole nitrogens is 1. The summed E-state index contributed by atoms with van der Waals surface area (Å²) in [6.07, 6.45) is 12.3. The van der Waals surface area contributed by atoms with E-state index in [4.69, 9.17) is 0 Å². The Kier molecular flexibility index (Phi) is 5.37. The number of unbranched alkanes of at least 4 members (excludes halogenated alkanes) is 6. The van der Waals surface area contributed by atoms with Crippen molar-refractivity contribution >= 4 is 11.2 Å². The van der Waals surface area contributed by atoms with E-state index in [1.54, 1.807) is 0 Å². The predicted octanol–water partition coefficient (Wildman–Crippen LogP) is 4.56. The predicted molar refractivity (Wildman–Crippen MR) is 80.3 cm³/mol. The Balaban J connectivity index is 1.74. The van der Waals surface area contributed by atoms with Crippen LogP contribution in [0.15, 0.2) is 12.3 Å². The minimum absolute atomic E-state index is 0.859. The summed E-state index contributed by atoms with van der Waals surface area (Å²) in [5.74, 6) is 1.09. The molecule has 0 aliphatic rings. The van der Waals surface area contributed by atoms with E-state index < -0.39 is 0 Å². The number of pyridine rings is 1. The molecule has 0 saturated carbocycles. The molecule has 0 fully saturated rings. The van der Waals surface area contributed by atoms with Gasteiger partial charge in [-0.25, -0.2) is 9.97 Å². The average Bonchev–Trinajstić information content (AvgIpc) is 2.82. The van der Waals surface area contributed by atoms with Crippen LogP contribution in [0.5, 0.6) is 0 Å². The Morgan fingerprint density at radius 3 is 2.53 bits per heavy atom. The van der Waals surface area contributed by atoms with Crippen molar-refractivity contribution in [2.24, 2.45) is 0 Å². The normalized spacial score (nSPS) is 11.3. The van der Waals surface area contributed by atoms with Crippen molar-refractivity contribution in [3.8, 4) is 0 Å². The molecule has 2 heterocycles. The molecule has 0 aromatic carbocycles. The smallest absolute Gasteiger partial charge is 0.177 e. The van der Waals surface area contributed by atoms with E-state index in [0.717, 1.165) is 23.4 Å². The van der Waals surface area contributed by atoms with Crippen LogP contribution >= 0.6 is 0 Å². The molecule has 3 nitrogen and oxygen atoms in total. The van der Waals surface area contributed by atoms with Gasteiger partial charge in [0.1, 0.15) is 5.82 Å². The first-order valence-corrected chi connectivity index (χ1v) is 7.61. The minimum atomic E-state index is 0.859. The lowest BCUT2D eigenvalue weighted by molar-refractivity contribution is 0.585. The Morgan fingerprint density at radius 2 is 1.79 bits per heavy atom. The van der Waals surface area contributed by atoms with Gasteiger partial charge in [-0.1, -0.05) is 45.4 Å². The van der Waals surface area contributed by atoms with Crippen LogP contribution in [-0.4, -0.2) is 15.0 Å². The first-order chi connectivity index (χ1) is 9.31. The van der Waals surface area contributed by atoms with Crippen LogP contribution in [0.3, 0.4) is 0 Å². The third kappa shape index (κ3) is 4.05. The molecule has 0 saturated heterocycles. The van der Waals surface area contributed by atoms with Crippen molar-refractivity contribution in [1.82, 2.24) is 15.0 Å². The molecular weight excluding hydrogens is 234 g/mol. The van der Waals surface area contributed by atoms with Gasteiger partial charge in [-0.3, -0.25) is 0 Å². The summed E-state index contributed by atoms with van der Waals surface area (Å²) >= 11 is 0. The van der Waals surface area contributed by atoms with Crippen LogP contribution in [0.2, 0.25) is 0 Å². The van der Waals surface area contributed by atoms with E-state index in [-0.39, 0.29) is 0 Å².